The predicted molar refractivity (Wildman–Crippen MR) is 69.1 cm³/mol. The van der Waals surface area contributed by atoms with Gasteiger partial charge in [-0.05, 0) is 44.6 Å². The van der Waals surface area contributed by atoms with Gasteiger partial charge in [0.1, 0.15) is 5.75 Å². The number of aliphatic hydroxyl groups excluding tert-OH is 1. The maximum atomic E-state index is 10.0. The number of nitrogens with one attached hydrogen (secondary N) is 1. The van der Waals surface area contributed by atoms with Crippen molar-refractivity contribution in [3.63, 3.8) is 0 Å². The van der Waals surface area contributed by atoms with Crippen LogP contribution >= 0.6 is 0 Å². The SMILES string of the molecule is CCOc1ccc(C(O)C(N)CCNC)cc1. The smallest absolute Gasteiger partial charge is 0.119 e. The normalized spacial score (nSPS) is 14.4. The number of aliphatic hydroxyl groups is 1. The van der Waals surface area contributed by atoms with E-state index >= 15 is 0 Å². The number of hydrogen-bond donors (Lipinski definition) is 3. The molecule has 0 aliphatic carbocycles. The van der Waals surface area contributed by atoms with Crippen molar-refractivity contribution in [3.05, 3.63) is 29.8 Å². The fourth-order valence-electron chi connectivity index (χ4n) is 1.64. The van der Waals surface area contributed by atoms with Crippen molar-refractivity contribution in [1.82, 2.24) is 5.32 Å². The van der Waals surface area contributed by atoms with E-state index in [-0.39, 0.29) is 6.04 Å². The molecule has 0 aliphatic heterocycles. The maximum Gasteiger partial charge on any atom is 0.119 e. The van der Waals surface area contributed by atoms with Crippen LogP contribution in [-0.4, -0.2) is 31.3 Å². The van der Waals surface area contributed by atoms with Gasteiger partial charge in [-0.2, -0.15) is 0 Å². The van der Waals surface area contributed by atoms with Crippen molar-refractivity contribution in [1.29, 1.82) is 0 Å². The fraction of sp³-hybridized carbons (Fsp3) is 0.538. The zero-order valence-electron chi connectivity index (χ0n) is 10.5. The quantitative estimate of drug-likeness (QED) is 0.664. The van der Waals surface area contributed by atoms with Gasteiger partial charge in [0.2, 0.25) is 0 Å². The third-order valence-corrected chi connectivity index (χ3v) is 2.67. The van der Waals surface area contributed by atoms with E-state index in [0.717, 1.165) is 24.3 Å². The molecule has 17 heavy (non-hydrogen) atoms. The number of nitrogens with two attached hydrogens (primary N) is 1. The van der Waals surface area contributed by atoms with Gasteiger partial charge < -0.3 is 20.9 Å². The minimum absolute atomic E-state index is 0.250. The first-order valence-corrected chi connectivity index (χ1v) is 6.00. The third-order valence-electron chi connectivity index (χ3n) is 2.67. The predicted octanol–water partition coefficient (Wildman–Crippen LogP) is 1.06. The monoisotopic (exact) mass is 238 g/mol. The molecule has 1 rings (SSSR count). The second-order valence-electron chi connectivity index (χ2n) is 4.00. The van der Waals surface area contributed by atoms with Crippen LogP contribution in [0.15, 0.2) is 24.3 Å². The molecule has 0 aromatic heterocycles. The van der Waals surface area contributed by atoms with Crippen LogP contribution < -0.4 is 15.8 Å². The molecule has 0 bridgehead atoms. The van der Waals surface area contributed by atoms with Crippen molar-refractivity contribution in [2.24, 2.45) is 5.73 Å². The highest BCUT2D eigenvalue weighted by Crippen LogP contribution is 2.20. The summed E-state index contributed by atoms with van der Waals surface area (Å²) in [7, 11) is 1.87. The molecule has 0 radical (unpaired) electrons. The molecule has 0 saturated carbocycles. The largest absolute Gasteiger partial charge is 0.494 e. The average molecular weight is 238 g/mol. The molecule has 0 saturated heterocycles. The van der Waals surface area contributed by atoms with E-state index in [1.165, 1.54) is 0 Å². The van der Waals surface area contributed by atoms with E-state index in [1.54, 1.807) is 0 Å². The van der Waals surface area contributed by atoms with Gasteiger partial charge in [0.05, 0.1) is 12.7 Å². The van der Waals surface area contributed by atoms with Gasteiger partial charge in [-0.15, -0.1) is 0 Å². The highest BCUT2D eigenvalue weighted by Gasteiger charge is 2.16. The Bertz CT molecular complexity index is 314. The van der Waals surface area contributed by atoms with Crippen molar-refractivity contribution in [2.45, 2.75) is 25.5 Å². The molecule has 0 heterocycles. The van der Waals surface area contributed by atoms with Crippen molar-refractivity contribution >= 4 is 0 Å². The number of benzene rings is 1. The van der Waals surface area contributed by atoms with Crippen molar-refractivity contribution < 1.29 is 9.84 Å². The Hall–Kier alpha value is -1.10. The van der Waals surface area contributed by atoms with Crippen LogP contribution in [-0.2, 0) is 0 Å². The van der Waals surface area contributed by atoms with Gasteiger partial charge in [-0.3, -0.25) is 0 Å². The summed E-state index contributed by atoms with van der Waals surface area (Å²) in [5.41, 5.74) is 6.74. The summed E-state index contributed by atoms with van der Waals surface area (Å²) >= 11 is 0. The van der Waals surface area contributed by atoms with Crippen LogP contribution in [0.4, 0.5) is 0 Å². The molecule has 1 aromatic rings. The zero-order chi connectivity index (χ0) is 12.7. The Morgan fingerprint density at radius 1 is 1.35 bits per heavy atom. The Kier molecular flexibility index (Phi) is 5.97. The first kappa shape index (κ1) is 14.0. The van der Waals surface area contributed by atoms with Gasteiger partial charge in [0, 0.05) is 6.04 Å². The van der Waals surface area contributed by atoms with Gasteiger partial charge in [0.25, 0.3) is 0 Å². The van der Waals surface area contributed by atoms with Crippen LogP contribution in [0.5, 0.6) is 5.75 Å². The van der Waals surface area contributed by atoms with Gasteiger partial charge >= 0.3 is 0 Å². The number of hydrogen-bond acceptors (Lipinski definition) is 4. The molecular weight excluding hydrogens is 216 g/mol. The molecular formula is C13H22N2O2. The van der Waals surface area contributed by atoms with E-state index in [2.05, 4.69) is 5.32 Å². The summed E-state index contributed by atoms with van der Waals surface area (Å²) in [5, 5.41) is 13.1. The molecule has 0 spiro atoms. The molecule has 0 fully saturated rings. The molecule has 4 heteroatoms. The summed E-state index contributed by atoms with van der Waals surface area (Å²) in [4.78, 5) is 0. The zero-order valence-corrected chi connectivity index (χ0v) is 10.5. The topological polar surface area (TPSA) is 67.5 Å². The lowest BCUT2D eigenvalue weighted by Crippen LogP contribution is -2.31. The lowest BCUT2D eigenvalue weighted by molar-refractivity contribution is 0.142. The van der Waals surface area contributed by atoms with Gasteiger partial charge in [-0.1, -0.05) is 12.1 Å². The molecule has 2 unspecified atom stereocenters. The lowest BCUT2D eigenvalue weighted by Gasteiger charge is -2.19. The highest BCUT2D eigenvalue weighted by molar-refractivity contribution is 5.29. The summed E-state index contributed by atoms with van der Waals surface area (Å²) < 4.78 is 5.34. The molecule has 4 nitrogen and oxygen atoms in total. The van der Waals surface area contributed by atoms with Crippen LogP contribution in [0.1, 0.15) is 25.0 Å². The van der Waals surface area contributed by atoms with Crippen LogP contribution in [0.2, 0.25) is 0 Å². The molecule has 2 atom stereocenters. The summed E-state index contributed by atoms with van der Waals surface area (Å²) in [5.74, 6) is 0.812. The van der Waals surface area contributed by atoms with Crippen LogP contribution in [0.25, 0.3) is 0 Å². The Balaban J connectivity index is 2.58. The first-order chi connectivity index (χ1) is 8.19. The van der Waals surface area contributed by atoms with E-state index in [4.69, 9.17) is 10.5 Å². The second kappa shape index (κ2) is 7.27. The van der Waals surface area contributed by atoms with Crippen LogP contribution in [0, 0.1) is 0 Å². The summed E-state index contributed by atoms with van der Waals surface area (Å²) in [6.45, 7) is 3.38. The average Bonchev–Trinajstić information content (AvgIpc) is 2.36. The Labute approximate surface area is 103 Å². The van der Waals surface area contributed by atoms with E-state index < -0.39 is 6.10 Å². The molecule has 0 aliphatic rings. The van der Waals surface area contributed by atoms with Gasteiger partial charge in [-0.25, -0.2) is 0 Å². The Morgan fingerprint density at radius 3 is 2.53 bits per heavy atom. The van der Waals surface area contributed by atoms with Crippen LogP contribution in [0.3, 0.4) is 0 Å². The fourth-order valence-corrected chi connectivity index (χ4v) is 1.64. The van der Waals surface area contributed by atoms with E-state index in [1.807, 2.05) is 38.2 Å². The molecule has 1 aromatic carbocycles. The minimum Gasteiger partial charge on any atom is -0.494 e. The Morgan fingerprint density at radius 2 is 2.00 bits per heavy atom. The maximum absolute atomic E-state index is 10.0. The summed E-state index contributed by atoms with van der Waals surface area (Å²) in [6, 6.07) is 7.17. The van der Waals surface area contributed by atoms with E-state index in [0.29, 0.717) is 6.61 Å². The van der Waals surface area contributed by atoms with Gasteiger partial charge in [0.15, 0.2) is 0 Å². The van der Waals surface area contributed by atoms with Crippen molar-refractivity contribution in [3.8, 4) is 5.75 Å². The lowest BCUT2D eigenvalue weighted by atomic mass is 10.0. The minimum atomic E-state index is -0.626. The second-order valence-corrected chi connectivity index (χ2v) is 4.00. The number of ether oxygens (including phenoxy) is 1. The first-order valence-electron chi connectivity index (χ1n) is 6.00. The molecule has 96 valence electrons. The molecule has 0 amide bonds. The third kappa shape index (κ3) is 4.34. The number of rotatable bonds is 7. The summed E-state index contributed by atoms with van der Waals surface area (Å²) in [6.07, 6.45) is 0.115. The highest BCUT2D eigenvalue weighted by atomic mass is 16.5. The van der Waals surface area contributed by atoms with Crippen molar-refractivity contribution in [2.75, 3.05) is 20.2 Å². The molecule has 4 N–H and O–H groups in total. The van der Waals surface area contributed by atoms with E-state index in [9.17, 15) is 5.11 Å². The standard InChI is InChI=1S/C13H22N2O2/c1-3-17-11-6-4-10(5-7-11)13(16)12(14)8-9-15-2/h4-7,12-13,15-16H,3,8-9,14H2,1-2H3.